The van der Waals surface area contributed by atoms with Crippen LogP contribution in [0.5, 0.6) is 0 Å². The molecule has 0 aromatic carbocycles. The fourth-order valence-electron chi connectivity index (χ4n) is 5.42. The molecule has 0 radical (unpaired) electrons. The summed E-state index contributed by atoms with van der Waals surface area (Å²) in [5, 5.41) is 11.6. The SMILES string of the molecule is CC/C=C/C/C=C/C/C=C/CC(=O)OCC(COCCC(C(=O)[O-])[N+](C)(C)C)OC(=O)CCCCCCCCC/C=C/CCCCCCCC. The quantitative estimate of drug-likeness (QED) is 0.0286. The molecule has 288 valence electrons. The highest BCUT2D eigenvalue weighted by Gasteiger charge is 2.25. The van der Waals surface area contributed by atoms with E-state index in [1.165, 1.54) is 77.0 Å². The van der Waals surface area contributed by atoms with Gasteiger partial charge < -0.3 is 28.6 Å². The molecule has 8 heteroatoms. The highest BCUT2D eigenvalue weighted by Crippen LogP contribution is 2.13. The Morgan fingerprint density at radius 2 is 1.18 bits per heavy atom. The van der Waals surface area contributed by atoms with Crippen LogP contribution in [0.4, 0.5) is 0 Å². The van der Waals surface area contributed by atoms with Crippen molar-refractivity contribution in [1.82, 2.24) is 0 Å². The van der Waals surface area contributed by atoms with Crippen LogP contribution in [0, 0.1) is 0 Å². The molecule has 8 nitrogen and oxygen atoms in total. The van der Waals surface area contributed by atoms with E-state index in [0.717, 1.165) is 38.5 Å². The first-order valence-electron chi connectivity index (χ1n) is 19.7. The lowest BCUT2D eigenvalue weighted by Gasteiger charge is -2.34. The van der Waals surface area contributed by atoms with Crippen LogP contribution in [-0.4, -0.2) is 75.5 Å². The Morgan fingerprint density at radius 3 is 1.74 bits per heavy atom. The molecular weight excluding hydrogens is 630 g/mol. The van der Waals surface area contributed by atoms with Crippen molar-refractivity contribution in [1.29, 1.82) is 0 Å². The van der Waals surface area contributed by atoms with Crippen molar-refractivity contribution in [2.75, 3.05) is 41.0 Å². The van der Waals surface area contributed by atoms with Crippen molar-refractivity contribution in [3.8, 4) is 0 Å². The number of ether oxygens (including phenoxy) is 3. The second kappa shape index (κ2) is 33.4. The summed E-state index contributed by atoms with van der Waals surface area (Å²) in [7, 11) is 5.37. The van der Waals surface area contributed by atoms with Crippen LogP contribution >= 0.6 is 0 Å². The zero-order chi connectivity index (χ0) is 37.1. The number of likely N-dealkylation sites (N-methyl/N-ethyl adjacent to an activating group) is 1. The third-order valence-corrected chi connectivity index (χ3v) is 8.48. The van der Waals surface area contributed by atoms with Gasteiger partial charge in [0.1, 0.15) is 12.6 Å². The van der Waals surface area contributed by atoms with Gasteiger partial charge in [-0.3, -0.25) is 9.59 Å². The molecule has 2 atom stereocenters. The number of rotatable bonds is 34. The summed E-state index contributed by atoms with van der Waals surface area (Å²) in [4.78, 5) is 36.5. The van der Waals surface area contributed by atoms with Crippen LogP contribution in [0.25, 0.3) is 0 Å². The van der Waals surface area contributed by atoms with E-state index in [1.807, 2.05) is 6.08 Å². The normalized spacial score (nSPS) is 13.5. The molecule has 0 saturated carbocycles. The molecule has 0 heterocycles. The Kier molecular flexibility index (Phi) is 31.6. The Labute approximate surface area is 306 Å². The minimum absolute atomic E-state index is 0.0112. The van der Waals surface area contributed by atoms with E-state index >= 15 is 0 Å². The van der Waals surface area contributed by atoms with Gasteiger partial charge in [-0.25, -0.2) is 0 Å². The predicted molar refractivity (Wildman–Crippen MR) is 203 cm³/mol. The number of allylic oxidation sites excluding steroid dienone is 7. The highest BCUT2D eigenvalue weighted by atomic mass is 16.6. The van der Waals surface area contributed by atoms with Crippen LogP contribution in [0.3, 0.4) is 0 Å². The van der Waals surface area contributed by atoms with Crippen molar-refractivity contribution in [2.24, 2.45) is 0 Å². The van der Waals surface area contributed by atoms with Gasteiger partial charge in [0.15, 0.2) is 6.10 Å². The van der Waals surface area contributed by atoms with Crippen LogP contribution < -0.4 is 5.11 Å². The van der Waals surface area contributed by atoms with Crippen LogP contribution in [0.1, 0.15) is 149 Å². The molecule has 0 aromatic rings. The molecule has 0 amide bonds. The molecule has 0 aliphatic carbocycles. The van der Waals surface area contributed by atoms with Gasteiger partial charge in [-0.15, -0.1) is 0 Å². The van der Waals surface area contributed by atoms with Gasteiger partial charge >= 0.3 is 11.9 Å². The van der Waals surface area contributed by atoms with Crippen molar-refractivity contribution >= 4 is 17.9 Å². The topological polar surface area (TPSA) is 102 Å². The Morgan fingerprint density at radius 1 is 0.640 bits per heavy atom. The maximum absolute atomic E-state index is 12.6. The van der Waals surface area contributed by atoms with Gasteiger partial charge in [-0.1, -0.05) is 127 Å². The van der Waals surface area contributed by atoms with E-state index in [2.05, 4.69) is 50.3 Å². The minimum atomic E-state index is -1.14. The van der Waals surface area contributed by atoms with E-state index in [4.69, 9.17) is 14.2 Å². The number of carboxylic acids is 1. The summed E-state index contributed by atoms with van der Waals surface area (Å²) in [6.07, 6.45) is 37.5. The summed E-state index contributed by atoms with van der Waals surface area (Å²) in [6, 6.07) is -0.736. The molecule has 50 heavy (non-hydrogen) atoms. The van der Waals surface area contributed by atoms with Gasteiger partial charge in [-0.05, 0) is 51.4 Å². The molecule has 0 N–H and O–H groups in total. The smallest absolute Gasteiger partial charge is 0.309 e. The number of unbranched alkanes of at least 4 members (excludes halogenated alkanes) is 13. The first-order chi connectivity index (χ1) is 24.1. The van der Waals surface area contributed by atoms with Crippen molar-refractivity contribution < 1.29 is 38.2 Å². The molecule has 0 spiro atoms. The number of nitrogens with zero attached hydrogens (tertiary/aromatic N) is 1. The van der Waals surface area contributed by atoms with E-state index in [0.29, 0.717) is 6.42 Å². The highest BCUT2D eigenvalue weighted by molar-refractivity contribution is 5.71. The molecule has 0 aliphatic heterocycles. The lowest BCUT2D eigenvalue weighted by Crippen LogP contribution is -2.55. The van der Waals surface area contributed by atoms with Crippen molar-refractivity contribution in [3.05, 3.63) is 48.6 Å². The molecule has 0 fully saturated rings. The summed E-state index contributed by atoms with van der Waals surface area (Å²) in [6.45, 7) is 4.40. The fourth-order valence-corrected chi connectivity index (χ4v) is 5.42. The number of hydrogen-bond donors (Lipinski definition) is 0. The number of esters is 2. The first kappa shape index (κ1) is 47.3. The van der Waals surface area contributed by atoms with E-state index in [9.17, 15) is 19.5 Å². The third kappa shape index (κ3) is 31.3. The minimum Gasteiger partial charge on any atom is -0.544 e. The number of quaternary nitrogens is 1. The van der Waals surface area contributed by atoms with Gasteiger partial charge in [0.05, 0.1) is 46.7 Å². The number of aliphatic carboxylic acids is 1. The van der Waals surface area contributed by atoms with Gasteiger partial charge in [-0.2, -0.15) is 0 Å². The Hall–Kier alpha value is -2.71. The summed E-state index contributed by atoms with van der Waals surface area (Å²) < 4.78 is 16.9. The van der Waals surface area contributed by atoms with Crippen LogP contribution in [-0.2, 0) is 28.6 Å². The van der Waals surface area contributed by atoms with E-state index in [-0.39, 0.29) is 43.1 Å². The van der Waals surface area contributed by atoms with Crippen molar-refractivity contribution in [3.63, 3.8) is 0 Å². The summed E-state index contributed by atoms with van der Waals surface area (Å²) in [5.41, 5.74) is 0. The lowest BCUT2D eigenvalue weighted by atomic mass is 10.1. The van der Waals surface area contributed by atoms with Gasteiger partial charge in [0, 0.05) is 12.8 Å². The number of carbonyl (C=O) groups excluding carboxylic acids is 3. The second-order valence-electron chi connectivity index (χ2n) is 14.1. The van der Waals surface area contributed by atoms with E-state index < -0.39 is 24.1 Å². The first-order valence-corrected chi connectivity index (χ1v) is 19.7. The van der Waals surface area contributed by atoms with Gasteiger partial charge in [0.25, 0.3) is 0 Å². The maximum atomic E-state index is 12.6. The second-order valence-corrected chi connectivity index (χ2v) is 14.1. The molecule has 0 saturated heterocycles. The number of carboxylic acid groups (broad SMARTS) is 1. The predicted octanol–water partition coefficient (Wildman–Crippen LogP) is 8.74. The van der Waals surface area contributed by atoms with E-state index in [1.54, 1.807) is 27.2 Å². The Balaban J connectivity index is 4.43. The molecule has 2 unspecified atom stereocenters. The molecule has 0 aliphatic rings. The van der Waals surface area contributed by atoms with Crippen LogP contribution in [0.2, 0.25) is 0 Å². The number of carbonyl (C=O) groups is 3. The third-order valence-electron chi connectivity index (χ3n) is 8.48. The lowest BCUT2D eigenvalue weighted by molar-refractivity contribution is -0.889. The maximum Gasteiger partial charge on any atom is 0.309 e. The molecule has 0 bridgehead atoms. The fraction of sp³-hybridized carbons (Fsp3) is 0.738. The molecule has 0 rings (SSSR count). The largest absolute Gasteiger partial charge is 0.544 e. The Bertz CT molecular complexity index is 964. The summed E-state index contributed by atoms with van der Waals surface area (Å²) >= 11 is 0. The average molecular weight is 704 g/mol. The van der Waals surface area contributed by atoms with Gasteiger partial charge in [0.2, 0.25) is 0 Å². The molecular formula is C42H73NO7. The zero-order valence-electron chi connectivity index (χ0n) is 32.5. The standard InChI is InChI=1S/C42H73NO7/c1-6-8-10-12-14-16-17-18-19-20-21-22-23-25-27-29-31-33-41(45)50-38(36-48-35-34-39(42(46)47)43(3,4)5)37-49-40(44)32-30-28-26-24-15-13-11-9-7-2/h9,11,15,18-19,24,28,30,38-39H,6-8,10,12-14,16-17,20-23,25-27,29,31-37H2,1-5H3/b11-9+,19-18+,24-15+,30-28+. The molecule has 0 aromatic heterocycles. The van der Waals surface area contributed by atoms with Crippen molar-refractivity contribution in [2.45, 2.75) is 161 Å². The monoisotopic (exact) mass is 704 g/mol. The number of hydrogen-bond acceptors (Lipinski definition) is 7. The average Bonchev–Trinajstić information content (AvgIpc) is 3.06. The van der Waals surface area contributed by atoms with Crippen LogP contribution in [0.15, 0.2) is 48.6 Å². The zero-order valence-corrected chi connectivity index (χ0v) is 32.5. The summed E-state index contributed by atoms with van der Waals surface area (Å²) in [5.74, 6) is -1.90.